The van der Waals surface area contributed by atoms with Gasteiger partial charge in [0.05, 0.1) is 4.90 Å². The molecule has 0 spiro atoms. The minimum atomic E-state index is -3.47. The van der Waals surface area contributed by atoms with Crippen molar-refractivity contribution in [2.75, 3.05) is 26.2 Å². The van der Waals surface area contributed by atoms with Crippen LogP contribution in [0.15, 0.2) is 23.1 Å². The van der Waals surface area contributed by atoms with Gasteiger partial charge in [-0.05, 0) is 74.8 Å². The second-order valence-electron chi connectivity index (χ2n) is 8.00. The molecule has 2 heterocycles. The van der Waals surface area contributed by atoms with Crippen molar-refractivity contribution in [1.82, 2.24) is 14.9 Å². The molecule has 2 saturated heterocycles. The lowest BCUT2D eigenvalue weighted by molar-refractivity contribution is -0.126. The normalized spacial score (nSPS) is 23.2. The summed E-state index contributed by atoms with van der Waals surface area (Å²) in [5.41, 5.74) is 2.45. The van der Waals surface area contributed by atoms with Gasteiger partial charge in [0.25, 0.3) is 0 Å². The van der Waals surface area contributed by atoms with Gasteiger partial charge in [-0.3, -0.25) is 4.79 Å². The van der Waals surface area contributed by atoms with Gasteiger partial charge in [0.1, 0.15) is 0 Å². The Bertz CT molecular complexity index is 801. The maximum absolute atomic E-state index is 13.0. The number of carbonyl (C=O) groups excluding carboxylic acids is 1. The topological polar surface area (TPSA) is 78.5 Å². The Morgan fingerprint density at radius 3 is 2.57 bits per heavy atom. The van der Waals surface area contributed by atoms with Crippen molar-refractivity contribution in [3.8, 4) is 0 Å². The maximum atomic E-state index is 13.0. The third kappa shape index (κ3) is 4.53. The molecule has 2 aliphatic heterocycles. The molecule has 1 aliphatic carbocycles. The van der Waals surface area contributed by atoms with Gasteiger partial charge in [0.15, 0.2) is 0 Å². The molecule has 8 heteroatoms. The smallest absolute Gasteiger partial charge is 0.243 e. The molecule has 3 aliphatic rings. The van der Waals surface area contributed by atoms with E-state index < -0.39 is 10.0 Å². The fraction of sp³-hybridized carbons (Fsp3) is 0.650. The molecule has 1 amide bonds. The summed E-state index contributed by atoms with van der Waals surface area (Å²) in [7, 11) is -3.47. The molecule has 28 heavy (non-hydrogen) atoms. The van der Waals surface area contributed by atoms with E-state index in [0.29, 0.717) is 43.4 Å². The van der Waals surface area contributed by atoms with Gasteiger partial charge in [-0.2, -0.15) is 4.31 Å². The van der Waals surface area contributed by atoms with Crippen molar-refractivity contribution in [3.63, 3.8) is 0 Å². The van der Waals surface area contributed by atoms with Crippen LogP contribution < -0.4 is 10.6 Å². The quantitative estimate of drug-likeness (QED) is 0.751. The van der Waals surface area contributed by atoms with Crippen molar-refractivity contribution < 1.29 is 13.2 Å². The number of hydrogen-bond acceptors (Lipinski definition) is 4. The van der Waals surface area contributed by atoms with Crippen molar-refractivity contribution in [2.24, 2.45) is 5.92 Å². The highest BCUT2D eigenvalue weighted by Crippen LogP contribution is 2.28. The lowest BCUT2D eigenvalue weighted by Crippen LogP contribution is -2.45. The number of hydrogen-bond donors (Lipinski definition) is 2. The zero-order valence-electron chi connectivity index (χ0n) is 16.2. The van der Waals surface area contributed by atoms with Crippen LogP contribution in [0.5, 0.6) is 0 Å². The third-order valence-corrected chi connectivity index (χ3v) is 8.11. The molecule has 156 valence electrons. The fourth-order valence-electron chi connectivity index (χ4n) is 4.52. The molecule has 0 radical (unpaired) electrons. The maximum Gasteiger partial charge on any atom is 0.243 e. The van der Waals surface area contributed by atoms with E-state index in [2.05, 4.69) is 10.6 Å². The van der Waals surface area contributed by atoms with Crippen molar-refractivity contribution in [2.45, 2.75) is 55.9 Å². The van der Waals surface area contributed by atoms with E-state index in [9.17, 15) is 13.2 Å². The first kappa shape index (κ1) is 21.6. The van der Waals surface area contributed by atoms with Gasteiger partial charge in [-0.1, -0.05) is 6.07 Å². The minimum absolute atomic E-state index is 0. The van der Waals surface area contributed by atoms with Crippen LogP contribution >= 0.6 is 12.4 Å². The van der Waals surface area contributed by atoms with Gasteiger partial charge in [0, 0.05) is 31.6 Å². The summed E-state index contributed by atoms with van der Waals surface area (Å²) in [5.74, 6) is -0.0175. The van der Waals surface area contributed by atoms with Crippen LogP contribution in [0.1, 0.15) is 43.2 Å². The lowest BCUT2D eigenvalue weighted by atomic mass is 9.97. The molecule has 1 aromatic rings. The lowest BCUT2D eigenvalue weighted by Gasteiger charge is -2.31. The number of rotatable bonds is 5. The second kappa shape index (κ2) is 9.11. The molecule has 4 rings (SSSR count). The third-order valence-electron chi connectivity index (χ3n) is 6.22. The number of halogens is 1. The zero-order chi connectivity index (χ0) is 18.9. The zero-order valence-corrected chi connectivity index (χ0v) is 17.8. The first-order chi connectivity index (χ1) is 13.0. The fourth-order valence-corrected chi connectivity index (χ4v) is 6.04. The molecular formula is C20H30ClN3O3S. The van der Waals surface area contributed by atoms with E-state index >= 15 is 0 Å². The number of nitrogens with zero attached hydrogens (tertiary/aromatic N) is 1. The van der Waals surface area contributed by atoms with Crippen LogP contribution in [0, 0.1) is 5.92 Å². The Morgan fingerprint density at radius 2 is 1.86 bits per heavy atom. The molecule has 1 atom stereocenters. The molecule has 6 nitrogen and oxygen atoms in total. The van der Waals surface area contributed by atoms with E-state index in [4.69, 9.17) is 0 Å². The Balaban J connectivity index is 0.00000225. The summed E-state index contributed by atoms with van der Waals surface area (Å²) in [5, 5.41) is 6.41. The average Bonchev–Trinajstić information content (AvgIpc) is 3.37. The van der Waals surface area contributed by atoms with E-state index in [-0.39, 0.29) is 24.2 Å². The van der Waals surface area contributed by atoms with E-state index in [1.54, 1.807) is 10.4 Å². The predicted molar refractivity (Wildman–Crippen MR) is 111 cm³/mol. The summed E-state index contributed by atoms with van der Waals surface area (Å²) in [6.07, 6.45) is 6.58. The number of aryl methyl sites for hydroxylation is 2. The molecule has 0 bridgehead atoms. The van der Waals surface area contributed by atoms with Crippen LogP contribution in [0.2, 0.25) is 0 Å². The highest BCUT2D eigenvalue weighted by Gasteiger charge is 2.32. The Morgan fingerprint density at radius 1 is 1.11 bits per heavy atom. The average molecular weight is 428 g/mol. The number of nitrogens with one attached hydrogen (secondary N) is 2. The summed E-state index contributed by atoms with van der Waals surface area (Å²) in [6.45, 7) is 2.53. The summed E-state index contributed by atoms with van der Waals surface area (Å²) in [6, 6.07) is 5.94. The summed E-state index contributed by atoms with van der Waals surface area (Å²) in [4.78, 5) is 12.8. The minimum Gasteiger partial charge on any atom is -0.354 e. The van der Waals surface area contributed by atoms with E-state index in [1.165, 1.54) is 17.5 Å². The molecule has 0 aromatic heterocycles. The Hall–Kier alpha value is -1.15. The number of piperidine rings is 1. The second-order valence-corrected chi connectivity index (χ2v) is 9.94. The largest absolute Gasteiger partial charge is 0.354 e. The van der Waals surface area contributed by atoms with Gasteiger partial charge in [0.2, 0.25) is 15.9 Å². The number of amides is 1. The first-order valence-corrected chi connectivity index (χ1v) is 11.6. The van der Waals surface area contributed by atoms with Crippen LogP contribution in [-0.2, 0) is 27.7 Å². The number of carbonyl (C=O) groups is 1. The van der Waals surface area contributed by atoms with Gasteiger partial charge < -0.3 is 10.6 Å². The Labute approximate surface area is 173 Å². The monoisotopic (exact) mass is 427 g/mol. The standard InChI is InChI=1S/C20H29N3O3S.ClH/c24-20(22-14-18-5-2-10-21-18)16-8-11-23(12-9-16)27(25,26)19-7-6-15-3-1-4-17(15)13-19;/h6-7,13,16,18,21H,1-5,8-12,14H2,(H,22,24);1H. The van der Waals surface area contributed by atoms with E-state index in [1.807, 2.05) is 12.1 Å². The van der Waals surface area contributed by atoms with E-state index in [0.717, 1.165) is 32.2 Å². The Kier molecular flexibility index (Phi) is 7.02. The SMILES string of the molecule is Cl.O=C(NCC1CCCN1)C1CCN(S(=O)(=O)c2ccc3c(c2)CCC3)CC1. The molecule has 1 aromatic carbocycles. The first-order valence-electron chi connectivity index (χ1n) is 10.2. The number of fused-ring (bicyclic) bond motifs is 1. The number of sulfonamides is 1. The van der Waals surface area contributed by atoms with Crippen molar-refractivity contribution >= 4 is 28.3 Å². The van der Waals surface area contributed by atoms with Crippen LogP contribution in [0.3, 0.4) is 0 Å². The van der Waals surface area contributed by atoms with Crippen molar-refractivity contribution in [1.29, 1.82) is 0 Å². The van der Waals surface area contributed by atoms with Crippen LogP contribution in [0.4, 0.5) is 0 Å². The predicted octanol–water partition coefficient (Wildman–Crippen LogP) is 1.87. The van der Waals surface area contributed by atoms with Gasteiger partial charge in [-0.25, -0.2) is 8.42 Å². The molecular weight excluding hydrogens is 398 g/mol. The van der Waals surface area contributed by atoms with Crippen LogP contribution in [0.25, 0.3) is 0 Å². The highest BCUT2D eigenvalue weighted by atomic mass is 35.5. The van der Waals surface area contributed by atoms with Gasteiger partial charge in [-0.15, -0.1) is 12.4 Å². The van der Waals surface area contributed by atoms with Crippen LogP contribution in [-0.4, -0.2) is 50.9 Å². The molecule has 1 unspecified atom stereocenters. The summed E-state index contributed by atoms with van der Waals surface area (Å²) >= 11 is 0. The molecule has 0 saturated carbocycles. The number of benzene rings is 1. The summed E-state index contributed by atoms with van der Waals surface area (Å²) < 4.78 is 27.5. The highest BCUT2D eigenvalue weighted by molar-refractivity contribution is 7.89. The molecule has 2 N–H and O–H groups in total. The van der Waals surface area contributed by atoms with Gasteiger partial charge >= 0.3 is 0 Å². The molecule has 2 fully saturated rings. The van der Waals surface area contributed by atoms with Crippen molar-refractivity contribution in [3.05, 3.63) is 29.3 Å².